The van der Waals surface area contributed by atoms with Crippen LogP contribution in [0.5, 0.6) is 0 Å². The number of fused-ring (bicyclic) bond motifs is 2. The fraction of sp³-hybridized carbons (Fsp3) is 0.318. The molecule has 2 N–H and O–H groups in total. The second kappa shape index (κ2) is 6.99. The maximum atomic E-state index is 12.9. The maximum absolute atomic E-state index is 12.9. The smallest absolute Gasteiger partial charge is 0.307 e. The van der Waals surface area contributed by atoms with Crippen LogP contribution in [-0.4, -0.2) is 22.8 Å². The van der Waals surface area contributed by atoms with Gasteiger partial charge in [0.15, 0.2) is 5.78 Å². The Morgan fingerprint density at radius 1 is 0.852 bits per heavy atom. The van der Waals surface area contributed by atoms with Crippen molar-refractivity contribution in [1.29, 1.82) is 0 Å². The second-order valence-corrected chi connectivity index (χ2v) is 7.45. The van der Waals surface area contributed by atoms with Crippen LogP contribution in [0.15, 0.2) is 54.6 Å². The summed E-state index contributed by atoms with van der Waals surface area (Å²) < 4.78 is 0. The van der Waals surface area contributed by atoms with E-state index in [1.165, 1.54) is 0 Å². The van der Waals surface area contributed by atoms with Gasteiger partial charge in [0.25, 0.3) is 0 Å². The molecule has 0 aliphatic heterocycles. The highest BCUT2D eigenvalue weighted by Gasteiger charge is 2.54. The molecule has 0 radical (unpaired) electrons. The molecular formula is C22H21NO4. The molecule has 2 aromatic carbocycles. The Morgan fingerprint density at radius 3 is 2.19 bits per heavy atom. The average Bonchev–Trinajstić information content (AvgIpc) is 3.30. The lowest BCUT2D eigenvalue weighted by atomic mass is 9.78. The number of hydrogen-bond donors (Lipinski definition) is 2. The number of benzene rings is 2. The third kappa shape index (κ3) is 3.14. The zero-order valence-electron chi connectivity index (χ0n) is 14.8. The van der Waals surface area contributed by atoms with Gasteiger partial charge < -0.3 is 10.4 Å². The van der Waals surface area contributed by atoms with Gasteiger partial charge in [-0.2, -0.15) is 0 Å². The van der Waals surface area contributed by atoms with Crippen molar-refractivity contribution in [1.82, 2.24) is 0 Å². The Balaban J connectivity index is 1.59. The van der Waals surface area contributed by atoms with E-state index in [1.807, 2.05) is 6.07 Å². The van der Waals surface area contributed by atoms with Crippen molar-refractivity contribution in [2.75, 3.05) is 5.32 Å². The molecule has 5 nitrogen and oxygen atoms in total. The number of carboxylic acid groups (broad SMARTS) is 1. The van der Waals surface area contributed by atoms with Crippen LogP contribution in [0, 0.1) is 23.7 Å². The monoisotopic (exact) mass is 363 g/mol. The molecule has 2 fully saturated rings. The maximum Gasteiger partial charge on any atom is 0.307 e. The molecule has 2 aromatic rings. The number of aliphatic carboxylic acids is 1. The molecule has 27 heavy (non-hydrogen) atoms. The molecule has 4 rings (SSSR count). The van der Waals surface area contributed by atoms with Crippen molar-refractivity contribution in [2.24, 2.45) is 23.7 Å². The zero-order valence-corrected chi connectivity index (χ0v) is 14.8. The van der Waals surface area contributed by atoms with E-state index in [0.29, 0.717) is 16.8 Å². The van der Waals surface area contributed by atoms with Crippen LogP contribution >= 0.6 is 0 Å². The van der Waals surface area contributed by atoms with E-state index in [9.17, 15) is 19.5 Å². The number of carboxylic acids is 1. The third-order valence-corrected chi connectivity index (χ3v) is 5.97. The summed E-state index contributed by atoms with van der Waals surface area (Å²) in [6, 6.07) is 15.8. The van der Waals surface area contributed by atoms with Crippen molar-refractivity contribution >= 4 is 23.3 Å². The average molecular weight is 363 g/mol. The summed E-state index contributed by atoms with van der Waals surface area (Å²) in [7, 11) is 0. The van der Waals surface area contributed by atoms with Gasteiger partial charge in [-0.05, 0) is 43.2 Å². The summed E-state index contributed by atoms with van der Waals surface area (Å²) in [6.07, 6.45) is 2.59. The van der Waals surface area contributed by atoms with Crippen LogP contribution in [0.4, 0.5) is 5.69 Å². The Kier molecular flexibility index (Phi) is 4.52. The molecule has 2 aliphatic carbocycles. The number of rotatable bonds is 5. The molecule has 1 amide bonds. The molecule has 2 aliphatic rings. The first-order valence-electron chi connectivity index (χ1n) is 9.28. The minimum Gasteiger partial charge on any atom is -0.481 e. The van der Waals surface area contributed by atoms with Crippen molar-refractivity contribution in [2.45, 2.75) is 19.3 Å². The van der Waals surface area contributed by atoms with Crippen LogP contribution in [0.2, 0.25) is 0 Å². The lowest BCUT2D eigenvalue weighted by molar-refractivity contribution is -0.148. The number of carbonyl (C=O) groups excluding carboxylic acids is 2. The number of anilines is 1. The van der Waals surface area contributed by atoms with Crippen LogP contribution < -0.4 is 5.32 Å². The van der Waals surface area contributed by atoms with Crippen LogP contribution in [-0.2, 0) is 9.59 Å². The Morgan fingerprint density at radius 2 is 1.48 bits per heavy atom. The topological polar surface area (TPSA) is 83.5 Å². The largest absolute Gasteiger partial charge is 0.481 e. The van der Waals surface area contributed by atoms with Gasteiger partial charge in [-0.15, -0.1) is 0 Å². The SMILES string of the molecule is O=C(c1ccccc1)c1ccccc1NC(=O)[C@H]1[C@@H]2CC[C@@H](C2)[C@@H]1C(=O)O. The fourth-order valence-electron chi connectivity index (χ4n) is 4.78. The highest BCUT2D eigenvalue weighted by atomic mass is 16.4. The summed E-state index contributed by atoms with van der Waals surface area (Å²) in [5.41, 5.74) is 1.39. The van der Waals surface area contributed by atoms with Crippen molar-refractivity contribution in [3.05, 3.63) is 65.7 Å². The van der Waals surface area contributed by atoms with E-state index in [-0.39, 0.29) is 23.5 Å². The van der Waals surface area contributed by atoms with Gasteiger partial charge in [0.1, 0.15) is 0 Å². The Labute approximate surface area is 157 Å². The Hall–Kier alpha value is -2.95. The standard InChI is InChI=1S/C22H21NO4/c24-20(13-6-2-1-3-7-13)16-8-4-5-9-17(16)23-21(25)18-14-10-11-15(12-14)19(18)22(26)27/h1-9,14-15,18-19H,10-12H2,(H,23,25)(H,26,27)/t14-,15+,18+,19+/m1/s1. The van der Waals surface area contributed by atoms with Gasteiger partial charge in [0.2, 0.25) is 5.91 Å². The molecule has 138 valence electrons. The van der Waals surface area contributed by atoms with Crippen LogP contribution in [0.1, 0.15) is 35.2 Å². The number of amides is 1. The number of ketones is 1. The van der Waals surface area contributed by atoms with Gasteiger partial charge in [0.05, 0.1) is 17.5 Å². The second-order valence-electron chi connectivity index (χ2n) is 7.45. The van der Waals surface area contributed by atoms with E-state index in [0.717, 1.165) is 19.3 Å². The lowest BCUT2D eigenvalue weighted by Crippen LogP contribution is -2.38. The number of nitrogens with one attached hydrogen (secondary N) is 1. The molecule has 0 saturated heterocycles. The van der Waals surface area contributed by atoms with E-state index < -0.39 is 17.8 Å². The first-order valence-corrected chi connectivity index (χ1v) is 9.28. The molecule has 0 aromatic heterocycles. The molecule has 4 atom stereocenters. The number of carbonyl (C=O) groups is 3. The van der Waals surface area contributed by atoms with Crippen molar-refractivity contribution in [3.8, 4) is 0 Å². The van der Waals surface area contributed by atoms with E-state index in [1.54, 1.807) is 48.5 Å². The highest BCUT2D eigenvalue weighted by Crippen LogP contribution is 2.52. The van der Waals surface area contributed by atoms with E-state index in [2.05, 4.69) is 5.32 Å². The minimum atomic E-state index is -0.893. The number of hydrogen-bond acceptors (Lipinski definition) is 3. The molecular weight excluding hydrogens is 342 g/mol. The predicted molar refractivity (Wildman–Crippen MR) is 100 cm³/mol. The highest BCUT2D eigenvalue weighted by molar-refractivity contribution is 6.14. The predicted octanol–water partition coefficient (Wildman–Crippen LogP) is 3.60. The van der Waals surface area contributed by atoms with Gasteiger partial charge in [0, 0.05) is 11.1 Å². The first kappa shape index (κ1) is 17.5. The molecule has 5 heteroatoms. The zero-order chi connectivity index (χ0) is 19.0. The van der Waals surface area contributed by atoms with Crippen LogP contribution in [0.3, 0.4) is 0 Å². The van der Waals surface area contributed by atoms with Gasteiger partial charge in [-0.25, -0.2) is 0 Å². The van der Waals surface area contributed by atoms with E-state index in [4.69, 9.17) is 0 Å². The quantitative estimate of drug-likeness (QED) is 0.795. The molecule has 2 bridgehead atoms. The van der Waals surface area contributed by atoms with Gasteiger partial charge >= 0.3 is 5.97 Å². The summed E-state index contributed by atoms with van der Waals surface area (Å²) in [6.45, 7) is 0. The van der Waals surface area contributed by atoms with Gasteiger partial charge in [-0.1, -0.05) is 42.5 Å². The lowest BCUT2D eigenvalue weighted by Gasteiger charge is -2.27. The van der Waals surface area contributed by atoms with Crippen LogP contribution in [0.25, 0.3) is 0 Å². The summed E-state index contributed by atoms with van der Waals surface area (Å²) in [5, 5.41) is 12.4. The first-order chi connectivity index (χ1) is 13.1. The molecule has 0 unspecified atom stereocenters. The summed E-state index contributed by atoms with van der Waals surface area (Å²) in [5.74, 6) is -2.30. The molecule has 0 heterocycles. The normalized spacial score (nSPS) is 25.9. The summed E-state index contributed by atoms with van der Waals surface area (Å²) in [4.78, 5) is 37.5. The molecule has 2 saturated carbocycles. The molecule has 0 spiro atoms. The van der Waals surface area contributed by atoms with Crippen molar-refractivity contribution in [3.63, 3.8) is 0 Å². The number of para-hydroxylation sites is 1. The van der Waals surface area contributed by atoms with E-state index >= 15 is 0 Å². The van der Waals surface area contributed by atoms with Gasteiger partial charge in [-0.3, -0.25) is 14.4 Å². The fourth-order valence-corrected chi connectivity index (χ4v) is 4.78. The van der Waals surface area contributed by atoms with Crippen molar-refractivity contribution < 1.29 is 19.5 Å². The Bertz CT molecular complexity index is 892. The minimum absolute atomic E-state index is 0.0874. The summed E-state index contributed by atoms with van der Waals surface area (Å²) >= 11 is 0. The third-order valence-electron chi connectivity index (χ3n) is 5.97.